The molecule has 84 valence electrons. The lowest BCUT2D eigenvalue weighted by Crippen LogP contribution is -2.14. The minimum Gasteiger partial charge on any atom is -0.381 e. The van der Waals surface area contributed by atoms with Crippen LogP contribution in [-0.2, 0) is 4.74 Å². The molecular weight excluding hydrogens is 198 g/mol. The summed E-state index contributed by atoms with van der Waals surface area (Å²) < 4.78 is 5.42. The van der Waals surface area contributed by atoms with Crippen LogP contribution in [0.15, 0.2) is 24.3 Å². The SMILES string of the molecule is Cc1c(C2CCOCC2)[nH]c2ccccc12. The van der Waals surface area contributed by atoms with E-state index < -0.39 is 0 Å². The molecule has 0 amide bonds. The van der Waals surface area contributed by atoms with Crippen LogP contribution in [0.2, 0.25) is 0 Å². The molecule has 0 saturated carbocycles. The Balaban J connectivity index is 2.05. The molecule has 2 nitrogen and oxygen atoms in total. The van der Waals surface area contributed by atoms with Crippen molar-refractivity contribution in [2.75, 3.05) is 13.2 Å². The molecule has 2 heteroatoms. The number of para-hydroxylation sites is 1. The number of rotatable bonds is 1. The fourth-order valence-electron chi connectivity index (χ4n) is 2.70. The molecule has 16 heavy (non-hydrogen) atoms. The smallest absolute Gasteiger partial charge is 0.0472 e. The van der Waals surface area contributed by atoms with Crippen molar-refractivity contribution in [3.05, 3.63) is 35.5 Å². The zero-order valence-corrected chi connectivity index (χ0v) is 9.62. The number of aromatic amines is 1. The molecule has 2 heterocycles. The Morgan fingerprint density at radius 2 is 1.94 bits per heavy atom. The van der Waals surface area contributed by atoms with E-state index >= 15 is 0 Å². The summed E-state index contributed by atoms with van der Waals surface area (Å²) in [5.41, 5.74) is 4.11. The van der Waals surface area contributed by atoms with Crippen molar-refractivity contribution in [1.82, 2.24) is 4.98 Å². The summed E-state index contributed by atoms with van der Waals surface area (Å²) in [5, 5.41) is 1.36. The average Bonchev–Trinajstić information content (AvgIpc) is 2.69. The molecule has 1 aliphatic heterocycles. The lowest BCUT2D eigenvalue weighted by atomic mass is 9.94. The van der Waals surface area contributed by atoms with E-state index in [2.05, 4.69) is 36.2 Å². The molecule has 1 fully saturated rings. The van der Waals surface area contributed by atoms with Crippen LogP contribution in [0.4, 0.5) is 0 Å². The average molecular weight is 215 g/mol. The van der Waals surface area contributed by atoms with Crippen molar-refractivity contribution in [2.24, 2.45) is 0 Å². The monoisotopic (exact) mass is 215 g/mol. The van der Waals surface area contributed by atoms with Crippen LogP contribution in [0.5, 0.6) is 0 Å². The van der Waals surface area contributed by atoms with Gasteiger partial charge in [-0.05, 0) is 31.4 Å². The minimum absolute atomic E-state index is 0.654. The topological polar surface area (TPSA) is 25.0 Å². The first-order valence-electron chi connectivity index (χ1n) is 6.01. The van der Waals surface area contributed by atoms with Crippen molar-refractivity contribution in [1.29, 1.82) is 0 Å². The second-order valence-electron chi connectivity index (χ2n) is 4.60. The Labute approximate surface area is 95.6 Å². The Bertz CT molecular complexity index is 494. The van der Waals surface area contributed by atoms with Gasteiger partial charge >= 0.3 is 0 Å². The summed E-state index contributed by atoms with van der Waals surface area (Å²) in [5.74, 6) is 0.654. The van der Waals surface area contributed by atoms with Crippen LogP contribution in [0, 0.1) is 6.92 Å². The summed E-state index contributed by atoms with van der Waals surface area (Å²) in [6, 6.07) is 8.55. The van der Waals surface area contributed by atoms with Crippen molar-refractivity contribution >= 4 is 10.9 Å². The molecule has 1 aliphatic rings. The van der Waals surface area contributed by atoms with Gasteiger partial charge in [-0.2, -0.15) is 0 Å². The summed E-state index contributed by atoms with van der Waals surface area (Å²) in [6.07, 6.45) is 2.29. The first kappa shape index (κ1) is 9.91. The second-order valence-corrected chi connectivity index (χ2v) is 4.60. The molecule has 1 saturated heterocycles. The van der Waals surface area contributed by atoms with Gasteiger partial charge < -0.3 is 9.72 Å². The number of ether oxygens (including phenoxy) is 1. The first-order valence-corrected chi connectivity index (χ1v) is 6.01. The van der Waals surface area contributed by atoms with Gasteiger partial charge in [-0.3, -0.25) is 0 Å². The Kier molecular flexibility index (Phi) is 2.44. The summed E-state index contributed by atoms with van der Waals surface area (Å²) in [6.45, 7) is 4.03. The number of hydrogen-bond acceptors (Lipinski definition) is 1. The summed E-state index contributed by atoms with van der Waals surface area (Å²) in [7, 11) is 0. The highest BCUT2D eigenvalue weighted by Gasteiger charge is 2.20. The van der Waals surface area contributed by atoms with Crippen LogP contribution in [0.3, 0.4) is 0 Å². The standard InChI is InChI=1S/C14H17NO/c1-10-12-4-2-3-5-13(12)15-14(10)11-6-8-16-9-7-11/h2-5,11,15H,6-9H2,1H3. The van der Waals surface area contributed by atoms with Gasteiger partial charge in [-0.1, -0.05) is 18.2 Å². The number of aromatic nitrogens is 1. The van der Waals surface area contributed by atoms with Crippen LogP contribution in [-0.4, -0.2) is 18.2 Å². The molecule has 1 aromatic carbocycles. The third kappa shape index (κ3) is 1.54. The van der Waals surface area contributed by atoms with E-state index in [0.29, 0.717) is 5.92 Å². The summed E-state index contributed by atoms with van der Waals surface area (Å²) >= 11 is 0. The highest BCUT2D eigenvalue weighted by Crippen LogP contribution is 2.32. The van der Waals surface area contributed by atoms with Gasteiger partial charge in [-0.15, -0.1) is 0 Å². The largest absolute Gasteiger partial charge is 0.381 e. The highest BCUT2D eigenvalue weighted by atomic mass is 16.5. The number of benzene rings is 1. The first-order chi connectivity index (χ1) is 7.86. The lowest BCUT2D eigenvalue weighted by Gasteiger charge is -2.21. The van der Waals surface area contributed by atoms with E-state index in [1.165, 1.54) is 22.2 Å². The number of fused-ring (bicyclic) bond motifs is 1. The van der Waals surface area contributed by atoms with E-state index in [4.69, 9.17) is 4.74 Å². The Morgan fingerprint density at radius 3 is 2.69 bits per heavy atom. The maximum atomic E-state index is 5.42. The molecule has 1 N–H and O–H groups in total. The highest BCUT2D eigenvalue weighted by molar-refractivity contribution is 5.84. The quantitative estimate of drug-likeness (QED) is 0.775. The van der Waals surface area contributed by atoms with Gasteiger partial charge in [0.15, 0.2) is 0 Å². The van der Waals surface area contributed by atoms with E-state index in [-0.39, 0.29) is 0 Å². The van der Waals surface area contributed by atoms with Crippen LogP contribution in [0.1, 0.15) is 30.0 Å². The maximum Gasteiger partial charge on any atom is 0.0472 e. The molecule has 0 spiro atoms. The fraction of sp³-hybridized carbons (Fsp3) is 0.429. The van der Waals surface area contributed by atoms with Crippen molar-refractivity contribution < 1.29 is 4.74 Å². The van der Waals surface area contributed by atoms with E-state index in [1.54, 1.807) is 0 Å². The molecule has 1 aromatic heterocycles. The van der Waals surface area contributed by atoms with Gasteiger partial charge in [0.05, 0.1) is 0 Å². The minimum atomic E-state index is 0.654. The molecule has 3 rings (SSSR count). The molecule has 0 radical (unpaired) electrons. The maximum absolute atomic E-state index is 5.42. The summed E-state index contributed by atoms with van der Waals surface area (Å²) in [4.78, 5) is 3.58. The van der Waals surface area contributed by atoms with Crippen molar-refractivity contribution in [3.8, 4) is 0 Å². The lowest BCUT2D eigenvalue weighted by molar-refractivity contribution is 0.0845. The van der Waals surface area contributed by atoms with E-state index in [0.717, 1.165) is 26.1 Å². The number of aryl methyl sites for hydroxylation is 1. The number of nitrogens with one attached hydrogen (secondary N) is 1. The Hall–Kier alpha value is -1.28. The fourth-order valence-corrected chi connectivity index (χ4v) is 2.70. The predicted octanol–water partition coefficient (Wildman–Crippen LogP) is 3.37. The molecule has 0 aliphatic carbocycles. The molecule has 0 unspecified atom stereocenters. The van der Waals surface area contributed by atoms with Crippen molar-refractivity contribution in [2.45, 2.75) is 25.7 Å². The van der Waals surface area contributed by atoms with E-state index in [9.17, 15) is 0 Å². The third-order valence-corrected chi connectivity index (χ3v) is 3.63. The molecule has 2 aromatic rings. The van der Waals surface area contributed by atoms with Gasteiger partial charge in [0, 0.05) is 35.7 Å². The van der Waals surface area contributed by atoms with Crippen molar-refractivity contribution in [3.63, 3.8) is 0 Å². The normalized spacial score (nSPS) is 18.1. The Morgan fingerprint density at radius 1 is 1.19 bits per heavy atom. The van der Waals surface area contributed by atoms with Crippen LogP contribution < -0.4 is 0 Å². The zero-order valence-electron chi connectivity index (χ0n) is 9.62. The van der Waals surface area contributed by atoms with E-state index in [1.807, 2.05) is 0 Å². The number of H-pyrrole nitrogens is 1. The van der Waals surface area contributed by atoms with Gasteiger partial charge in [0.25, 0.3) is 0 Å². The number of hydrogen-bond donors (Lipinski definition) is 1. The molecule has 0 atom stereocenters. The van der Waals surface area contributed by atoms with Gasteiger partial charge in [0.1, 0.15) is 0 Å². The third-order valence-electron chi connectivity index (χ3n) is 3.63. The van der Waals surface area contributed by atoms with Gasteiger partial charge in [-0.25, -0.2) is 0 Å². The van der Waals surface area contributed by atoms with Crippen LogP contribution >= 0.6 is 0 Å². The molecular formula is C14H17NO. The second kappa shape index (κ2) is 3.95. The molecule has 0 bridgehead atoms. The van der Waals surface area contributed by atoms with Gasteiger partial charge in [0.2, 0.25) is 0 Å². The van der Waals surface area contributed by atoms with Crippen LogP contribution in [0.25, 0.3) is 10.9 Å². The zero-order chi connectivity index (χ0) is 11.0. The predicted molar refractivity (Wildman–Crippen MR) is 65.8 cm³/mol.